The number of aromatic nitrogens is 2. The lowest BCUT2D eigenvalue weighted by Gasteiger charge is -2.11. The Morgan fingerprint density at radius 2 is 1.57 bits per heavy atom. The molecule has 0 saturated carbocycles. The van der Waals surface area contributed by atoms with Gasteiger partial charge < -0.3 is 0 Å². The Kier molecular flexibility index (Phi) is 3.51. The Balaban J connectivity index is 2.36. The molecule has 0 aliphatic carbocycles. The SMILES string of the molecule is Fc1cc(-c2cc(C(F)(F)F)cc3c2ncn3Cl)cc(F)c1F. The van der Waals surface area contributed by atoms with E-state index in [0.717, 1.165) is 16.5 Å². The standard InChI is InChI=1S/C14H5ClF6N2/c15-23-5-22-13-8(3-7(4-11(13)23)14(19,20)21)6-1-9(16)12(18)10(17)2-6/h1-5H. The predicted molar refractivity (Wildman–Crippen MR) is 71.3 cm³/mol. The fourth-order valence-electron chi connectivity index (χ4n) is 2.18. The number of halogens is 7. The van der Waals surface area contributed by atoms with Gasteiger partial charge in [0.15, 0.2) is 17.5 Å². The molecule has 0 unspecified atom stereocenters. The quantitative estimate of drug-likeness (QED) is 0.439. The molecule has 9 heteroatoms. The lowest BCUT2D eigenvalue weighted by molar-refractivity contribution is -0.137. The molecule has 2 aromatic carbocycles. The predicted octanol–water partition coefficient (Wildman–Crippen LogP) is 5.14. The molecule has 0 saturated heterocycles. The van der Waals surface area contributed by atoms with Crippen LogP contribution in [0, 0.1) is 17.5 Å². The molecular weight excluding hydrogens is 346 g/mol. The van der Waals surface area contributed by atoms with Gasteiger partial charge in [-0.3, -0.25) is 0 Å². The van der Waals surface area contributed by atoms with E-state index in [4.69, 9.17) is 11.8 Å². The lowest BCUT2D eigenvalue weighted by Crippen LogP contribution is -2.05. The minimum atomic E-state index is -4.71. The van der Waals surface area contributed by atoms with Crippen LogP contribution in [0.5, 0.6) is 0 Å². The molecule has 0 radical (unpaired) electrons. The first-order chi connectivity index (χ1) is 10.7. The molecule has 0 fully saturated rings. The maximum Gasteiger partial charge on any atom is 0.416 e. The van der Waals surface area contributed by atoms with Crippen molar-refractivity contribution in [1.29, 1.82) is 0 Å². The number of imidazole rings is 1. The topological polar surface area (TPSA) is 17.8 Å². The van der Waals surface area contributed by atoms with Gasteiger partial charge in [-0.05, 0) is 29.8 Å². The van der Waals surface area contributed by atoms with Crippen LogP contribution in [0.1, 0.15) is 5.56 Å². The first-order valence-corrected chi connectivity index (χ1v) is 6.41. The highest BCUT2D eigenvalue weighted by atomic mass is 35.5. The molecule has 23 heavy (non-hydrogen) atoms. The van der Waals surface area contributed by atoms with E-state index in [1.54, 1.807) is 0 Å². The number of rotatable bonds is 1. The van der Waals surface area contributed by atoms with E-state index in [2.05, 4.69) is 4.98 Å². The molecule has 2 nitrogen and oxygen atoms in total. The van der Waals surface area contributed by atoms with Crippen molar-refractivity contribution in [3.63, 3.8) is 0 Å². The molecule has 0 amide bonds. The molecule has 0 N–H and O–H groups in total. The van der Waals surface area contributed by atoms with Crippen molar-refractivity contribution in [3.8, 4) is 11.1 Å². The summed E-state index contributed by atoms with van der Waals surface area (Å²) in [6.07, 6.45) is -3.66. The van der Waals surface area contributed by atoms with Gasteiger partial charge in [0.1, 0.15) is 6.33 Å². The van der Waals surface area contributed by atoms with Crippen LogP contribution in [0.15, 0.2) is 30.6 Å². The highest BCUT2D eigenvalue weighted by Gasteiger charge is 2.32. The molecule has 120 valence electrons. The minimum absolute atomic E-state index is 0.00147. The van der Waals surface area contributed by atoms with E-state index in [0.29, 0.717) is 18.2 Å². The van der Waals surface area contributed by atoms with Crippen LogP contribution < -0.4 is 0 Å². The summed E-state index contributed by atoms with van der Waals surface area (Å²) in [7, 11) is 0. The van der Waals surface area contributed by atoms with Gasteiger partial charge in [-0.2, -0.15) is 13.2 Å². The Labute approximate surface area is 130 Å². The van der Waals surface area contributed by atoms with Crippen LogP contribution in [-0.2, 0) is 6.18 Å². The van der Waals surface area contributed by atoms with E-state index in [9.17, 15) is 26.3 Å². The molecule has 1 aromatic heterocycles. The number of nitrogens with zero attached hydrogens (tertiary/aromatic N) is 2. The fraction of sp³-hybridized carbons (Fsp3) is 0.0714. The Bertz CT molecular complexity index is 893. The number of benzene rings is 2. The summed E-state index contributed by atoms with van der Waals surface area (Å²) in [6.45, 7) is 0. The van der Waals surface area contributed by atoms with Crippen molar-refractivity contribution in [2.45, 2.75) is 6.18 Å². The molecule has 0 atom stereocenters. The monoisotopic (exact) mass is 350 g/mol. The fourth-order valence-corrected chi connectivity index (χ4v) is 2.36. The van der Waals surface area contributed by atoms with E-state index >= 15 is 0 Å². The Morgan fingerprint density at radius 3 is 2.13 bits per heavy atom. The summed E-state index contributed by atoms with van der Waals surface area (Å²) in [6, 6.07) is 2.63. The van der Waals surface area contributed by atoms with E-state index < -0.39 is 29.2 Å². The first-order valence-electron chi connectivity index (χ1n) is 6.08. The zero-order valence-electron chi connectivity index (χ0n) is 10.9. The van der Waals surface area contributed by atoms with Gasteiger partial charge in [-0.15, -0.1) is 0 Å². The van der Waals surface area contributed by atoms with Gasteiger partial charge in [-0.1, -0.05) is 0 Å². The van der Waals surface area contributed by atoms with Crippen LogP contribution in [0.4, 0.5) is 26.3 Å². The third kappa shape index (κ3) is 2.63. The zero-order valence-corrected chi connectivity index (χ0v) is 11.7. The van der Waals surface area contributed by atoms with Gasteiger partial charge in [0.25, 0.3) is 0 Å². The maximum absolute atomic E-state index is 13.4. The van der Waals surface area contributed by atoms with Gasteiger partial charge in [-0.25, -0.2) is 22.2 Å². The second-order valence-corrected chi connectivity index (χ2v) is 5.06. The van der Waals surface area contributed by atoms with Crippen molar-refractivity contribution in [3.05, 3.63) is 53.6 Å². The molecule has 3 aromatic rings. The highest BCUT2D eigenvalue weighted by molar-refractivity contribution is 6.19. The van der Waals surface area contributed by atoms with Crippen LogP contribution in [0.3, 0.4) is 0 Å². The molecule has 0 aliphatic rings. The van der Waals surface area contributed by atoms with Crippen LogP contribution in [-0.4, -0.2) is 9.07 Å². The van der Waals surface area contributed by atoms with Gasteiger partial charge in [0.2, 0.25) is 0 Å². The first kappa shape index (κ1) is 15.7. The molecule has 0 bridgehead atoms. The second-order valence-electron chi connectivity index (χ2n) is 4.70. The third-order valence-corrected chi connectivity index (χ3v) is 3.50. The van der Waals surface area contributed by atoms with Crippen LogP contribution in [0.2, 0.25) is 0 Å². The summed E-state index contributed by atoms with van der Waals surface area (Å²) in [5, 5.41) is 0. The zero-order chi connectivity index (χ0) is 16.9. The van der Waals surface area contributed by atoms with E-state index in [1.165, 1.54) is 0 Å². The lowest BCUT2D eigenvalue weighted by atomic mass is 10.0. The van der Waals surface area contributed by atoms with Crippen molar-refractivity contribution >= 4 is 22.8 Å². The van der Waals surface area contributed by atoms with Crippen LogP contribution >= 0.6 is 11.8 Å². The average molecular weight is 351 g/mol. The third-order valence-electron chi connectivity index (χ3n) is 3.23. The largest absolute Gasteiger partial charge is 0.416 e. The summed E-state index contributed by atoms with van der Waals surface area (Å²) in [5.74, 6) is -4.74. The number of fused-ring (bicyclic) bond motifs is 1. The van der Waals surface area contributed by atoms with Gasteiger partial charge >= 0.3 is 6.18 Å². The van der Waals surface area contributed by atoms with E-state index in [1.807, 2.05) is 0 Å². The maximum atomic E-state index is 13.4. The van der Waals surface area contributed by atoms with Crippen molar-refractivity contribution in [1.82, 2.24) is 9.07 Å². The van der Waals surface area contributed by atoms with Crippen molar-refractivity contribution in [2.75, 3.05) is 0 Å². The van der Waals surface area contributed by atoms with Crippen LogP contribution in [0.25, 0.3) is 22.2 Å². The molecule has 1 heterocycles. The van der Waals surface area contributed by atoms with Crippen molar-refractivity contribution in [2.24, 2.45) is 0 Å². The number of hydrogen-bond donors (Lipinski definition) is 0. The molecule has 0 spiro atoms. The number of alkyl halides is 3. The molecule has 3 rings (SSSR count). The summed E-state index contributed by atoms with van der Waals surface area (Å²) >= 11 is 5.72. The summed E-state index contributed by atoms with van der Waals surface area (Å²) < 4.78 is 79.6. The minimum Gasteiger partial charge on any atom is -0.241 e. The van der Waals surface area contributed by atoms with E-state index in [-0.39, 0.29) is 22.2 Å². The Morgan fingerprint density at radius 1 is 0.957 bits per heavy atom. The van der Waals surface area contributed by atoms with Gasteiger partial charge in [0.05, 0.1) is 16.6 Å². The smallest absolute Gasteiger partial charge is 0.241 e. The molecular formula is C14H5ClF6N2. The highest BCUT2D eigenvalue weighted by Crippen LogP contribution is 2.37. The average Bonchev–Trinajstić information content (AvgIpc) is 2.84. The normalized spacial score (nSPS) is 12.1. The van der Waals surface area contributed by atoms with Crippen molar-refractivity contribution < 1.29 is 26.3 Å². The van der Waals surface area contributed by atoms with Gasteiger partial charge in [0, 0.05) is 17.3 Å². The summed E-state index contributed by atoms with van der Waals surface area (Å²) in [5.41, 5.74) is -1.67. The Hall–Kier alpha value is -2.22. The number of hydrogen-bond acceptors (Lipinski definition) is 1. The second kappa shape index (κ2) is 5.16. The summed E-state index contributed by atoms with van der Waals surface area (Å²) in [4.78, 5) is 3.82. The molecule has 0 aliphatic heterocycles.